The lowest BCUT2D eigenvalue weighted by Crippen LogP contribution is -2.39. The number of carbonyl (C=O) groups excluding carboxylic acids is 1. The molecule has 0 unspecified atom stereocenters. The van der Waals surface area contributed by atoms with E-state index in [0.29, 0.717) is 26.2 Å². The molecule has 1 aromatic heterocycles. The SMILES string of the molecule is CCOC(=O)C1=C(C)N=c2s/c(=C\c3cccc(O)c3)c(=O)n2[C@@H]1c1ccc(F)cc1. The Morgan fingerprint density at radius 3 is 2.71 bits per heavy atom. The van der Waals surface area contributed by atoms with Crippen molar-refractivity contribution in [1.82, 2.24) is 4.57 Å². The molecule has 1 atom stereocenters. The number of allylic oxidation sites excluding steroid dienone is 1. The molecule has 31 heavy (non-hydrogen) atoms. The van der Waals surface area contributed by atoms with Crippen LogP contribution in [0.4, 0.5) is 4.39 Å². The maximum absolute atomic E-state index is 13.5. The molecule has 2 heterocycles. The number of aromatic hydroxyl groups is 1. The smallest absolute Gasteiger partial charge is 0.338 e. The average Bonchev–Trinajstić information content (AvgIpc) is 3.02. The van der Waals surface area contributed by atoms with E-state index < -0.39 is 17.8 Å². The number of hydrogen-bond donors (Lipinski definition) is 1. The summed E-state index contributed by atoms with van der Waals surface area (Å²) in [7, 11) is 0. The summed E-state index contributed by atoms with van der Waals surface area (Å²) in [4.78, 5) is 31.0. The van der Waals surface area contributed by atoms with Crippen molar-refractivity contribution in [2.45, 2.75) is 19.9 Å². The molecule has 0 fully saturated rings. The minimum Gasteiger partial charge on any atom is -0.508 e. The van der Waals surface area contributed by atoms with Gasteiger partial charge in [0.05, 0.1) is 28.5 Å². The van der Waals surface area contributed by atoms with Crippen LogP contribution in [0.15, 0.2) is 69.6 Å². The molecular formula is C23H19FN2O4S. The molecule has 0 saturated carbocycles. The van der Waals surface area contributed by atoms with Crippen LogP contribution in [0.3, 0.4) is 0 Å². The number of esters is 1. The van der Waals surface area contributed by atoms with E-state index in [9.17, 15) is 19.1 Å². The number of benzene rings is 2. The maximum Gasteiger partial charge on any atom is 0.338 e. The summed E-state index contributed by atoms with van der Waals surface area (Å²) in [6.07, 6.45) is 1.66. The summed E-state index contributed by atoms with van der Waals surface area (Å²) < 4.78 is 20.6. The van der Waals surface area contributed by atoms with Crippen LogP contribution in [0.2, 0.25) is 0 Å². The van der Waals surface area contributed by atoms with E-state index in [0.717, 1.165) is 0 Å². The van der Waals surface area contributed by atoms with Crippen LogP contribution in [0, 0.1) is 5.82 Å². The fourth-order valence-electron chi connectivity index (χ4n) is 3.52. The van der Waals surface area contributed by atoms with Crippen molar-refractivity contribution < 1.29 is 19.0 Å². The maximum atomic E-state index is 13.5. The molecule has 2 aromatic carbocycles. The van der Waals surface area contributed by atoms with E-state index in [1.807, 2.05) is 0 Å². The lowest BCUT2D eigenvalue weighted by molar-refractivity contribution is -0.139. The lowest BCUT2D eigenvalue weighted by atomic mass is 9.96. The van der Waals surface area contributed by atoms with E-state index in [1.165, 1.54) is 28.0 Å². The molecule has 0 aliphatic carbocycles. The number of halogens is 1. The molecule has 4 rings (SSSR count). The van der Waals surface area contributed by atoms with Gasteiger partial charge < -0.3 is 9.84 Å². The second-order valence-electron chi connectivity index (χ2n) is 6.95. The first-order chi connectivity index (χ1) is 14.9. The first-order valence-electron chi connectivity index (χ1n) is 9.63. The minimum absolute atomic E-state index is 0.0890. The van der Waals surface area contributed by atoms with Gasteiger partial charge in [-0.25, -0.2) is 14.2 Å². The van der Waals surface area contributed by atoms with Crippen molar-refractivity contribution in [3.05, 3.63) is 96.4 Å². The zero-order chi connectivity index (χ0) is 22.1. The Morgan fingerprint density at radius 1 is 1.29 bits per heavy atom. The summed E-state index contributed by atoms with van der Waals surface area (Å²) in [5.41, 5.74) is 1.58. The Kier molecular flexibility index (Phi) is 5.56. The predicted octanol–water partition coefficient (Wildman–Crippen LogP) is 2.64. The number of phenols is 1. The molecule has 3 aromatic rings. The number of ether oxygens (including phenoxy) is 1. The highest BCUT2D eigenvalue weighted by atomic mass is 32.1. The molecule has 8 heteroatoms. The second kappa shape index (κ2) is 8.31. The normalized spacial score (nSPS) is 16.1. The van der Waals surface area contributed by atoms with Crippen LogP contribution in [-0.4, -0.2) is 22.2 Å². The fraction of sp³-hybridized carbons (Fsp3) is 0.174. The fourth-order valence-corrected chi connectivity index (χ4v) is 4.56. The topological polar surface area (TPSA) is 80.9 Å². The van der Waals surface area contributed by atoms with Gasteiger partial charge in [-0.3, -0.25) is 9.36 Å². The largest absolute Gasteiger partial charge is 0.508 e. The molecule has 0 amide bonds. The molecule has 158 valence electrons. The molecule has 0 bridgehead atoms. The van der Waals surface area contributed by atoms with Crippen molar-refractivity contribution in [3.63, 3.8) is 0 Å². The Bertz CT molecular complexity index is 1370. The molecule has 1 aliphatic rings. The summed E-state index contributed by atoms with van der Waals surface area (Å²) in [6.45, 7) is 3.56. The molecule has 1 aliphatic heterocycles. The third-order valence-electron chi connectivity index (χ3n) is 4.87. The van der Waals surface area contributed by atoms with Crippen LogP contribution in [0.25, 0.3) is 6.08 Å². The van der Waals surface area contributed by atoms with Crippen LogP contribution in [-0.2, 0) is 9.53 Å². The van der Waals surface area contributed by atoms with E-state index >= 15 is 0 Å². The summed E-state index contributed by atoms with van der Waals surface area (Å²) >= 11 is 1.18. The first kappa shape index (κ1) is 20.7. The van der Waals surface area contributed by atoms with Crippen LogP contribution >= 0.6 is 11.3 Å². The number of phenolic OH excluding ortho intramolecular Hbond substituents is 1. The lowest BCUT2D eigenvalue weighted by Gasteiger charge is -2.24. The number of fused-ring (bicyclic) bond motifs is 1. The number of aromatic nitrogens is 1. The Morgan fingerprint density at radius 2 is 2.03 bits per heavy atom. The second-order valence-corrected chi connectivity index (χ2v) is 7.96. The highest BCUT2D eigenvalue weighted by Crippen LogP contribution is 2.30. The Labute approximate surface area is 180 Å². The van der Waals surface area contributed by atoms with Gasteiger partial charge in [0.15, 0.2) is 4.80 Å². The zero-order valence-corrected chi connectivity index (χ0v) is 17.6. The third kappa shape index (κ3) is 3.94. The number of nitrogens with zero attached hydrogens (tertiary/aromatic N) is 2. The standard InChI is InChI=1S/C23H19FN2O4S/c1-3-30-22(29)19-13(2)25-23-26(20(19)15-7-9-16(24)10-8-15)21(28)18(31-23)12-14-5-4-6-17(27)11-14/h4-12,20,27H,3H2,1-2H3/b18-12-/t20-/m1/s1. The molecule has 1 N–H and O–H groups in total. The molecular weight excluding hydrogens is 419 g/mol. The van der Waals surface area contributed by atoms with Crippen molar-refractivity contribution in [1.29, 1.82) is 0 Å². The quantitative estimate of drug-likeness (QED) is 0.635. The van der Waals surface area contributed by atoms with E-state index in [-0.39, 0.29) is 23.5 Å². The number of hydrogen-bond acceptors (Lipinski definition) is 6. The van der Waals surface area contributed by atoms with Gasteiger partial charge in [-0.2, -0.15) is 0 Å². The van der Waals surface area contributed by atoms with Crippen molar-refractivity contribution in [3.8, 4) is 5.75 Å². The number of thiazole rings is 1. The van der Waals surface area contributed by atoms with Gasteiger partial charge in [-0.05, 0) is 55.3 Å². The monoisotopic (exact) mass is 438 g/mol. The Balaban J connectivity index is 1.96. The molecule has 0 radical (unpaired) electrons. The van der Waals surface area contributed by atoms with Gasteiger partial charge in [-0.15, -0.1) is 0 Å². The van der Waals surface area contributed by atoms with Gasteiger partial charge in [-0.1, -0.05) is 35.6 Å². The van der Waals surface area contributed by atoms with Gasteiger partial charge in [0.2, 0.25) is 0 Å². The van der Waals surface area contributed by atoms with Crippen molar-refractivity contribution in [2.24, 2.45) is 4.99 Å². The summed E-state index contributed by atoms with van der Waals surface area (Å²) in [5, 5.41) is 9.71. The first-order valence-corrected chi connectivity index (χ1v) is 10.4. The van der Waals surface area contributed by atoms with Crippen LogP contribution in [0.1, 0.15) is 31.0 Å². The zero-order valence-electron chi connectivity index (χ0n) is 16.8. The van der Waals surface area contributed by atoms with E-state index in [1.54, 1.807) is 56.3 Å². The molecule has 0 spiro atoms. The van der Waals surface area contributed by atoms with E-state index in [4.69, 9.17) is 4.74 Å². The Hall–Kier alpha value is -3.52. The number of carbonyl (C=O) groups is 1. The molecule has 0 saturated heterocycles. The van der Waals surface area contributed by atoms with Crippen molar-refractivity contribution in [2.75, 3.05) is 6.61 Å². The average molecular weight is 438 g/mol. The van der Waals surface area contributed by atoms with Crippen LogP contribution in [0.5, 0.6) is 5.75 Å². The highest BCUT2D eigenvalue weighted by Gasteiger charge is 2.33. The van der Waals surface area contributed by atoms with Gasteiger partial charge in [0, 0.05) is 0 Å². The van der Waals surface area contributed by atoms with Crippen molar-refractivity contribution >= 4 is 23.4 Å². The predicted molar refractivity (Wildman–Crippen MR) is 115 cm³/mol. The van der Waals surface area contributed by atoms with E-state index in [2.05, 4.69) is 4.99 Å². The van der Waals surface area contributed by atoms with Gasteiger partial charge in [0.25, 0.3) is 5.56 Å². The van der Waals surface area contributed by atoms with Crippen LogP contribution < -0.4 is 14.9 Å². The summed E-state index contributed by atoms with van der Waals surface area (Å²) in [5.74, 6) is -0.898. The van der Waals surface area contributed by atoms with Gasteiger partial charge >= 0.3 is 5.97 Å². The third-order valence-corrected chi connectivity index (χ3v) is 5.85. The summed E-state index contributed by atoms with van der Waals surface area (Å²) in [6, 6.07) is 11.4. The van der Waals surface area contributed by atoms with Gasteiger partial charge in [0.1, 0.15) is 11.6 Å². The molecule has 6 nitrogen and oxygen atoms in total. The highest BCUT2D eigenvalue weighted by molar-refractivity contribution is 7.07. The number of rotatable bonds is 4. The minimum atomic E-state index is -0.790.